The second kappa shape index (κ2) is 15.1. The fraction of sp³-hybridized carbons (Fsp3) is 0.276. The van der Waals surface area contributed by atoms with Gasteiger partial charge < -0.3 is 19.6 Å². The van der Waals surface area contributed by atoms with Gasteiger partial charge in [0.15, 0.2) is 5.88 Å². The average Bonchev–Trinajstić information content (AvgIpc) is 3.74. The highest BCUT2D eigenvalue weighted by atomic mass is 32.1. The molecule has 5 rings (SSSR count). The predicted octanol–water partition coefficient (Wildman–Crippen LogP) is 6.79. The van der Waals surface area contributed by atoms with Gasteiger partial charge in [-0.1, -0.05) is 18.2 Å². The van der Waals surface area contributed by atoms with E-state index in [0.29, 0.717) is 22.5 Å². The number of hydrogen-bond donors (Lipinski definition) is 2. The number of ether oxygens (including phenoxy) is 2. The van der Waals surface area contributed by atoms with E-state index in [4.69, 9.17) is 14.7 Å². The summed E-state index contributed by atoms with van der Waals surface area (Å²) in [7, 11) is 0. The number of carbonyl (C=O) groups is 3. The lowest BCUT2D eigenvalue weighted by Crippen LogP contribution is -2.16. The Hall–Kier alpha value is -4.05. The molecular weight excluding hydrogens is 583 g/mol. The van der Waals surface area contributed by atoms with Crippen LogP contribution >= 0.6 is 34.0 Å². The summed E-state index contributed by atoms with van der Waals surface area (Å²) in [5, 5.41) is 24.1. The third-order valence-corrected chi connectivity index (χ3v) is 7.60. The first kappa shape index (κ1) is 31.5. The molecule has 0 aromatic carbocycles. The van der Waals surface area contributed by atoms with E-state index >= 15 is 0 Å². The van der Waals surface area contributed by atoms with Crippen LogP contribution in [-0.4, -0.2) is 45.9 Å². The SMILES string of the molecule is CC(C)OC(=O)CCC(=O)OC(C)C.N#Cc1cccs1.O=C1N=C(c2cccs2)c2c(O)[nH]c(-c3cccs3)c21. The topological polar surface area (TPSA) is 142 Å². The average molecular weight is 612 g/mol. The number of carbonyl (C=O) groups excluding carboxylic acids is 3. The molecule has 4 aromatic rings. The van der Waals surface area contributed by atoms with E-state index in [2.05, 4.69) is 9.98 Å². The maximum atomic E-state index is 12.2. The van der Waals surface area contributed by atoms with E-state index in [1.807, 2.05) is 52.5 Å². The monoisotopic (exact) mass is 611 g/mol. The van der Waals surface area contributed by atoms with Gasteiger partial charge in [-0.05, 0) is 62.0 Å². The Morgan fingerprint density at radius 3 is 1.88 bits per heavy atom. The minimum absolute atomic E-state index is 0.00130. The van der Waals surface area contributed by atoms with Gasteiger partial charge in [-0.2, -0.15) is 5.26 Å². The molecule has 1 aliphatic heterocycles. The molecule has 0 atom stereocenters. The molecule has 0 fully saturated rings. The molecule has 4 aromatic heterocycles. The van der Waals surface area contributed by atoms with Crippen LogP contribution in [0.1, 0.15) is 66.2 Å². The van der Waals surface area contributed by atoms with Gasteiger partial charge in [0, 0.05) is 0 Å². The Balaban J connectivity index is 0.000000192. The molecule has 0 bridgehead atoms. The largest absolute Gasteiger partial charge is 0.494 e. The second-order valence-electron chi connectivity index (χ2n) is 8.99. The number of nitrogens with zero attached hydrogens (tertiary/aromatic N) is 2. The van der Waals surface area contributed by atoms with E-state index in [1.165, 1.54) is 34.0 Å². The zero-order valence-corrected chi connectivity index (χ0v) is 25.3. The minimum atomic E-state index is -0.360. The van der Waals surface area contributed by atoms with Gasteiger partial charge in [-0.15, -0.1) is 34.0 Å². The Morgan fingerprint density at radius 1 is 0.902 bits per heavy atom. The van der Waals surface area contributed by atoms with E-state index in [1.54, 1.807) is 33.8 Å². The molecule has 214 valence electrons. The van der Waals surface area contributed by atoms with Gasteiger partial charge in [-0.25, -0.2) is 4.99 Å². The minimum Gasteiger partial charge on any atom is -0.494 e. The highest BCUT2D eigenvalue weighted by molar-refractivity contribution is 7.13. The highest BCUT2D eigenvalue weighted by Gasteiger charge is 2.34. The number of H-pyrrole nitrogens is 1. The summed E-state index contributed by atoms with van der Waals surface area (Å²) in [6.45, 7) is 7.07. The maximum Gasteiger partial charge on any atom is 0.306 e. The number of nitrogens with one attached hydrogen (secondary N) is 1. The highest BCUT2D eigenvalue weighted by Crippen LogP contribution is 2.39. The molecule has 0 aliphatic carbocycles. The molecule has 0 saturated heterocycles. The van der Waals surface area contributed by atoms with Gasteiger partial charge in [0.25, 0.3) is 5.91 Å². The van der Waals surface area contributed by atoms with Crippen molar-refractivity contribution in [2.75, 3.05) is 0 Å². The van der Waals surface area contributed by atoms with Crippen LogP contribution in [0.15, 0.2) is 57.5 Å². The molecule has 12 heteroatoms. The predicted molar refractivity (Wildman–Crippen MR) is 161 cm³/mol. The van der Waals surface area contributed by atoms with Crippen LogP contribution in [0.2, 0.25) is 0 Å². The van der Waals surface area contributed by atoms with Crippen molar-refractivity contribution in [3.05, 3.63) is 73.4 Å². The lowest BCUT2D eigenvalue weighted by molar-refractivity contribution is -0.154. The van der Waals surface area contributed by atoms with Crippen molar-refractivity contribution in [3.63, 3.8) is 0 Å². The zero-order valence-electron chi connectivity index (χ0n) is 22.9. The third kappa shape index (κ3) is 8.97. The number of fused-ring (bicyclic) bond motifs is 1. The first-order chi connectivity index (χ1) is 19.6. The van der Waals surface area contributed by atoms with Gasteiger partial charge in [0.2, 0.25) is 0 Å². The summed E-state index contributed by atoms with van der Waals surface area (Å²) in [4.78, 5) is 43.8. The van der Waals surface area contributed by atoms with Crippen molar-refractivity contribution < 1.29 is 29.0 Å². The normalized spacial score (nSPS) is 11.5. The number of thiophene rings is 3. The first-order valence-electron chi connectivity index (χ1n) is 12.6. The second-order valence-corrected chi connectivity index (χ2v) is 11.8. The fourth-order valence-electron chi connectivity index (χ4n) is 3.53. The molecule has 0 radical (unpaired) electrons. The molecular formula is C29H29N3O6S3. The summed E-state index contributed by atoms with van der Waals surface area (Å²) >= 11 is 4.47. The van der Waals surface area contributed by atoms with Crippen LogP contribution in [0.4, 0.5) is 0 Å². The van der Waals surface area contributed by atoms with Gasteiger partial charge in [0.05, 0.1) is 57.3 Å². The molecule has 5 heterocycles. The molecule has 0 saturated carbocycles. The van der Waals surface area contributed by atoms with Crippen molar-refractivity contribution in [1.82, 2.24) is 4.98 Å². The summed E-state index contributed by atoms with van der Waals surface area (Å²) in [6.07, 6.45) is -0.0970. The zero-order chi connectivity index (χ0) is 29.9. The maximum absolute atomic E-state index is 12.2. The molecule has 1 amide bonds. The van der Waals surface area contributed by atoms with Crippen molar-refractivity contribution in [2.45, 2.75) is 52.7 Å². The van der Waals surface area contributed by atoms with Gasteiger partial charge in [-0.3, -0.25) is 14.4 Å². The Morgan fingerprint density at radius 2 is 1.44 bits per heavy atom. The number of nitriles is 1. The molecule has 0 unspecified atom stereocenters. The van der Waals surface area contributed by atoms with E-state index < -0.39 is 0 Å². The standard InChI is InChI=1S/C14H8N2O2S2.C10H18O4.C5H3NS/c17-13-9-10(12(16-13)8-4-2-6-20-8)14(18)15-11(9)7-3-1-5-19-7;1-7(2)13-9(11)5-6-10(12)14-8(3)4;6-4-5-2-1-3-7-5/h1-6,15,18H;7-8H,5-6H2,1-4H3;1-3H. The molecule has 41 heavy (non-hydrogen) atoms. The van der Waals surface area contributed by atoms with Crippen molar-refractivity contribution in [1.29, 1.82) is 5.26 Å². The van der Waals surface area contributed by atoms with Crippen molar-refractivity contribution in [3.8, 4) is 22.5 Å². The number of hydrogen-bond acceptors (Lipinski definition) is 10. The Bertz CT molecular complexity index is 1490. The van der Waals surface area contributed by atoms with Crippen LogP contribution < -0.4 is 0 Å². The molecule has 0 spiro atoms. The Labute approximate surface area is 249 Å². The van der Waals surface area contributed by atoms with Crippen molar-refractivity contribution >= 4 is 57.6 Å². The summed E-state index contributed by atoms with van der Waals surface area (Å²) in [5.74, 6) is -1.02. The molecule has 9 nitrogen and oxygen atoms in total. The number of aromatic nitrogens is 1. The van der Waals surface area contributed by atoms with Crippen LogP contribution in [0.5, 0.6) is 5.88 Å². The molecule has 2 N–H and O–H groups in total. The number of rotatable bonds is 7. The quantitative estimate of drug-likeness (QED) is 0.219. The number of aromatic amines is 1. The summed E-state index contributed by atoms with van der Waals surface area (Å²) in [6, 6.07) is 13.3. The first-order valence-corrected chi connectivity index (χ1v) is 15.2. The third-order valence-electron chi connectivity index (χ3n) is 5.07. The van der Waals surface area contributed by atoms with E-state index in [9.17, 15) is 19.5 Å². The smallest absolute Gasteiger partial charge is 0.306 e. The lowest BCUT2D eigenvalue weighted by atomic mass is 10.1. The number of esters is 2. The van der Waals surface area contributed by atoms with E-state index in [0.717, 1.165) is 14.6 Å². The van der Waals surface area contributed by atoms with Crippen LogP contribution in [0.25, 0.3) is 10.6 Å². The summed E-state index contributed by atoms with van der Waals surface area (Å²) < 4.78 is 9.72. The van der Waals surface area contributed by atoms with Gasteiger partial charge >= 0.3 is 11.9 Å². The van der Waals surface area contributed by atoms with E-state index in [-0.39, 0.29) is 48.8 Å². The lowest BCUT2D eigenvalue weighted by Gasteiger charge is -2.09. The number of aliphatic imine (C=N–C) groups is 1. The van der Waals surface area contributed by atoms with Crippen LogP contribution in [-0.2, 0) is 19.1 Å². The van der Waals surface area contributed by atoms with Crippen LogP contribution in [0, 0.1) is 11.3 Å². The number of aromatic hydroxyl groups is 1. The number of amides is 1. The molecule has 1 aliphatic rings. The fourth-order valence-corrected chi connectivity index (χ4v) is 5.50. The van der Waals surface area contributed by atoms with Crippen molar-refractivity contribution in [2.24, 2.45) is 4.99 Å². The van der Waals surface area contributed by atoms with Crippen LogP contribution in [0.3, 0.4) is 0 Å². The summed E-state index contributed by atoms with van der Waals surface area (Å²) in [5.41, 5.74) is 2.18. The Kier molecular flexibility index (Phi) is 11.6. The van der Waals surface area contributed by atoms with Gasteiger partial charge in [0.1, 0.15) is 10.9 Å².